The zero-order valence-corrected chi connectivity index (χ0v) is 13.1. The molecule has 1 unspecified atom stereocenters. The van der Waals surface area contributed by atoms with Crippen molar-refractivity contribution in [2.75, 3.05) is 6.54 Å². The molecule has 0 saturated carbocycles. The molecule has 0 aliphatic heterocycles. The van der Waals surface area contributed by atoms with E-state index in [0.29, 0.717) is 0 Å². The molecule has 0 aliphatic carbocycles. The lowest BCUT2D eigenvalue weighted by atomic mass is 9.93. The molecule has 1 nitrogen and oxygen atoms in total. The van der Waals surface area contributed by atoms with Crippen LogP contribution in [0.15, 0.2) is 42.5 Å². The van der Waals surface area contributed by atoms with E-state index in [-0.39, 0.29) is 11.9 Å². The second kappa shape index (κ2) is 7.37. The van der Waals surface area contributed by atoms with Crippen LogP contribution in [0.3, 0.4) is 0 Å². The van der Waals surface area contributed by atoms with Crippen molar-refractivity contribution in [2.24, 2.45) is 0 Å². The molecule has 0 fully saturated rings. The summed E-state index contributed by atoms with van der Waals surface area (Å²) in [6, 6.07) is 13.6. The normalized spacial score (nSPS) is 12.4. The fourth-order valence-electron chi connectivity index (χ4n) is 2.79. The van der Waals surface area contributed by atoms with Crippen LogP contribution in [-0.2, 0) is 12.8 Å². The Morgan fingerprint density at radius 3 is 2.05 bits per heavy atom. The Hall–Kier alpha value is -1.67. The SMILES string of the molecule is CCNC(c1ccc(F)cc1)c1ccc(CC)c(CC)c1. The summed E-state index contributed by atoms with van der Waals surface area (Å²) in [7, 11) is 0. The fourth-order valence-corrected chi connectivity index (χ4v) is 2.79. The third kappa shape index (κ3) is 3.70. The first-order chi connectivity index (χ1) is 10.2. The van der Waals surface area contributed by atoms with Crippen molar-refractivity contribution in [1.82, 2.24) is 5.32 Å². The van der Waals surface area contributed by atoms with Crippen molar-refractivity contribution in [3.63, 3.8) is 0 Å². The molecule has 2 heteroatoms. The van der Waals surface area contributed by atoms with Gasteiger partial charge in [0.15, 0.2) is 0 Å². The van der Waals surface area contributed by atoms with Crippen molar-refractivity contribution in [2.45, 2.75) is 39.7 Å². The van der Waals surface area contributed by atoms with Crippen LogP contribution in [0.25, 0.3) is 0 Å². The summed E-state index contributed by atoms with van der Waals surface area (Å²) in [4.78, 5) is 0. The molecular weight excluding hydrogens is 261 g/mol. The molecule has 0 aliphatic rings. The van der Waals surface area contributed by atoms with Gasteiger partial charge in [0.1, 0.15) is 5.82 Å². The third-order valence-corrected chi connectivity index (χ3v) is 3.94. The highest BCUT2D eigenvalue weighted by Gasteiger charge is 2.14. The molecule has 112 valence electrons. The van der Waals surface area contributed by atoms with Crippen LogP contribution in [0.2, 0.25) is 0 Å². The number of rotatable bonds is 6. The Bertz CT molecular complexity index is 575. The van der Waals surface area contributed by atoms with E-state index in [2.05, 4.69) is 44.3 Å². The Labute approximate surface area is 127 Å². The molecule has 1 N–H and O–H groups in total. The summed E-state index contributed by atoms with van der Waals surface area (Å²) in [6.45, 7) is 7.35. The largest absolute Gasteiger partial charge is 0.307 e. The van der Waals surface area contributed by atoms with Crippen LogP contribution in [0, 0.1) is 5.82 Å². The van der Waals surface area contributed by atoms with Gasteiger partial charge >= 0.3 is 0 Å². The van der Waals surface area contributed by atoms with Crippen molar-refractivity contribution in [1.29, 1.82) is 0 Å². The van der Waals surface area contributed by atoms with Crippen LogP contribution in [-0.4, -0.2) is 6.54 Å². The molecule has 0 saturated heterocycles. The minimum atomic E-state index is -0.190. The average Bonchev–Trinajstić information content (AvgIpc) is 2.53. The zero-order valence-electron chi connectivity index (χ0n) is 13.1. The highest BCUT2D eigenvalue weighted by Crippen LogP contribution is 2.25. The van der Waals surface area contributed by atoms with Crippen LogP contribution in [0.5, 0.6) is 0 Å². The molecule has 0 radical (unpaired) electrons. The molecule has 2 rings (SSSR count). The van der Waals surface area contributed by atoms with E-state index in [1.165, 1.54) is 28.8 Å². The molecule has 0 bridgehead atoms. The van der Waals surface area contributed by atoms with Gasteiger partial charge in [-0.1, -0.05) is 51.1 Å². The van der Waals surface area contributed by atoms with E-state index in [9.17, 15) is 4.39 Å². The Morgan fingerprint density at radius 1 is 0.857 bits per heavy atom. The monoisotopic (exact) mass is 285 g/mol. The van der Waals surface area contributed by atoms with Crippen molar-refractivity contribution < 1.29 is 4.39 Å². The van der Waals surface area contributed by atoms with Gasteiger partial charge in [0.05, 0.1) is 6.04 Å². The van der Waals surface area contributed by atoms with Crippen molar-refractivity contribution in [3.8, 4) is 0 Å². The van der Waals surface area contributed by atoms with Gasteiger partial charge in [-0.2, -0.15) is 0 Å². The van der Waals surface area contributed by atoms with E-state index in [1.807, 2.05) is 12.1 Å². The molecule has 1 atom stereocenters. The van der Waals surface area contributed by atoms with Crippen LogP contribution in [0.1, 0.15) is 49.1 Å². The van der Waals surface area contributed by atoms with E-state index < -0.39 is 0 Å². The highest BCUT2D eigenvalue weighted by molar-refractivity contribution is 5.38. The summed E-state index contributed by atoms with van der Waals surface area (Å²) in [5.74, 6) is -0.190. The second-order valence-electron chi connectivity index (χ2n) is 5.28. The number of hydrogen-bond acceptors (Lipinski definition) is 1. The number of aryl methyl sites for hydroxylation is 2. The topological polar surface area (TPSA) is 12.0 Å². The van der Waals surface area contributed by atoms with E-state index in [4.69, 9.17) is 0 Å². The summed E-state index contributed by atoms with van der Waals surface area (Å²) in [5, 5.41) is 3.50. The lowest BCUT2D eigenvalue weighted by Gasteiger charge is -2.20. The average molecular weight is 285 g/mol. The number of benzene rings is 2. The third-order valence-electron chi connectivity index (χ3n) is 3.94. The minimum Gasteiger partial charge on any atom is -0.307 e. The first-order valence-corrected chi connectivity index (χ1v) is 7.80. The fraction of sp³-hybridized carbons (Fsp3) is 0.368. The molecule has 0 heterocycles. The first-order valence-electron chi connectivity index (χ1n) is 7.80. The van der Waals surface area contributed by atoms with Crippen LogP contribution < -0.4 is 5.32 Å². The maximum Gasteiger partial charge on any atom is 0.123 e. The van der Waals surface area contributed by atoms with Crippen LogP contribution in [0.4, 0.5) is 4.39 Å². The van der Waals surface area contributed by atoms with E-state index >= 15 is 0 Å². The Balaban J connectivity index is 2.40. The van der Waals surface area contributed by atoms with Gasteiger partial charge in [0, 0.05) is 0 Å². The smallest absolute Gasteiger partial charge is 0.123 e. The summed E-state index contributed by atoms with van der Waals surface area (Å²) in [5.41, 5.74) is 5.16. The first kappa shape index (κ1) is 15.7. The van der Waals surface area contributed by atoms with Crippen LogP contribution >= 0.6 is 0 Å². The standard InChI is InChI=1S/C19H24FN/c1-4-14-7-8-17(13-15(14)5-2)19(21-6-3)16-9-11-18(20)12-10-16/h7-13,19,21H,4-6H2,1-3H3. The molecular formula is C19H24FN. The van der Waals surface area contributed by atoms with E-state index in [1.54, 1.807) is 0 Å². The van der Waals surface area contributed by atoms with Gasteiger partial charge in [0.2, 0.25) is 0 Å². The molecule has 0 aromatic heterocycles. The highest BCUT2D eigenvalue weighted by atomic mass is 19.1. The Kier molecular flexibility index (Phi) is 5.51. The maximum absolute atomic E-state index is 13.1. The predicted octanol–water partition coefficient (Wildman–Crippen LogP) is 4.65. The minimum absolute atomic E-state index is 0.117. The molecule has 0 spiro atoms. The number of hydrogen-bond donors (Lipinski definition) is 1. The summed E-state index contributed by atoms with van der Waals surface area (Å²) >= 11 is 0. The molecule has 0 amide bonds. The second-order valence-corrected chi connectivity index (χ2v) is 5.28. The number of halogens is 1. The van der Waals surface area contributed by atoms with Gasteiger partial charge in [-0.25, -0.2) is 4.39 Å². The lowest BCUT2D eigenvalue weighted by molar-refractivity contribution is 0.613. The van der Waals surface area contributed by atoms with Gasteiger partial charge in [-0.3, -0.25) is 0 Å². The summed E-state index contributed by atoms with van der Waals surface area (Å²) in [6.07, 6.45) is 2.10. The van der Waals surface area contributed by atoms with Gasteiger partial charge < -0.3 is 5.32 Å². The molecule has 2 aromatic carbocycles. The quantitative estimate of drug-likeness (QED) is 0.814. The Morgan fingerprint density at radius 2 is 1.48 bits per heavy atom. The maximum atomic E-state index is 13.1. The zero-order chi connectivity index (χ0) is 15.2. The molecule has 21 heavy (non-hydrogen) atoms. The summed E-state index contributed by atoms with van der Waals surface area (Å²) < 4.78 is 13.1. The lowest BCUT2D eigenvalue weighted by Crippen LogP contribution is -2.22. The van der Waals surface area contributed by atoms with E-state index in [0.717, 1.165) is 24.9 Å². The number of nitrogens with one attached hydrogen (secondary N) is 1. The van der Waals surface area contributed by atoms with Gasteiger partial charge in [0.25, 0.3) is 0 Å². The van der Waals surface area contributed by atoms with Crippen molar-refractivity contribution >= 4 is 0 Å². The van der Waals surface area contributed by atoms with Crippen molar-refractivity contribution in [3.05, 3.63) is 70.5 Å². The predicted molar refractivity (Wildman–Crippen MR) is 87.1 cm³/mol. The van der Waals surface area contributed by atoms with Gasteiger partial charge in [-0.05, 0) is 53.8 Å². The van der Waals surface area contributed by atoms with Gasteiger partial charge in [-0.15, -0.1) is 0 Å². The molecule has 2 aromatic rings.